The van der Waals surface area contributed by atoms with Crippen LogP contribution in [0, 0.1) is 5.92 Å². The summed E-state index contributed by atoms with van der Waals surface area (Å²) >= 11 is 0. The zero-order valence-corrected chi connectivity index (χ0v) is 6.09. The topological polar surface area (TPSA) is 0 Å². The highest BCUT2D eigenvalue weighted by Gasteiger charge is 2.13. The van der Waals surface area contributed by atoms with E-state index >= 15 is 0 Å². The molecule has 2 aliphatic carbocycles. The third-order valence-corrected chi connectivity index (χ3v) is 2.28. The van der Waals surface area contributed by atoms with Crippen molar-refractivity contribution in [1.82, 2.24) is 0 Å². The molecule has 0 aromatic carbocycles. The molecule has 0 aromatic heterocycles. The van der Waals surface area contributed by atoms with E-state index in [0.717, 1.165) is 5.92 Å². The predicted molar refractivity (Wildman–Crippen MR) is 43.7 cm³/mol. The van der Waals surface area contributed by atoms with Crippen LogP contribution in [0.4, 0.5) is 0 Å². The standard InChI is InChI=1S/C10H12/c1-2-6-10-8-4-3-7-9(10)5-1/h1-3,6-7,9H,4-5,8H2. The van der Waals surface area contributed by atoms with Crippen molar-refractivity contribution in [3.8, 4) is 0 Å². The van der Waals surface area contributed by atoms with E-state index < -0.39 is 0 Å². The molecule has 0 radical (unpaired) electrons. The van der Waals surface area contributed by atoms with Crippen LogP contribution in [-0.2, 0) is 0 Å². The third-order valence-electron chi connectivity index (χ3n) is 2.28. The first-order chi connectivity index (χ1) is 4.97. The maximum atomic E-state index is 2.35. The van der Waals surface area contributed by atoms with Gasteiger partial charge in [-0.2, -0.15) is 0 Å². The summed E-state index contributed by atoms with van der Waals surface area (Å²) in [5.41, 5.74) is 1.63. The van der Waals surface area contributed by atoms with Crippen molar-refractivity contribution in [1.29, 1.82) is 0 Å². The molecule has 0 spiro atoms. The van der Waals surface area contributed by atoms with Crippen molar-refractivity contribution in [2.24, 2.45) is 5.92 Å². The van der Waals surface area contributed by atoms with Crippen molar-refractivity contribution in [3.63, 3.8) is 0 Å². The number of hydrogen-bond donors (Lipinski definition) is 0. The largest absolute Gasteiger partial charge is 0.0876 e. The van der Waals surface area contributed by atoms with Crippen LogP contribution >= 0.6 is 0 Å². The Morgan fingerprint density at radius 2 is 2.30 bits per heavy atom. The molecule has 2 aliphatic rings. The summed E-state index contributed by atoms with van der Waals surface area (Å²) in [7, 11) is 0. The van der Waals surface area contributed by atoms with Crippen molar-refractivity contribution in [2.75, 3.05) is 0 Å². The van der Waals surface area contributed by atoms with Gasteiger partial charge in [0.1, 0.15) is 0 Å². The van der Waals surface area contributed by atoms with Crippen LogP contribution in [0.3, 0.4) is 0 Å². The summed E-state index contributed by atoms with van der Waals surface area (Å²) < 4.78 is 0. The predicted octanol–water partition coefficient (Wildman–Crippen LogP) is 2.84. The Morgan fingerprint density at radius 3 is 3.20 bits per heavy atom. The van der Waals surface area contributed by atoms with Crippen LogP contribution in [0.5, 0.6) is 0 Å². The normalized spacial score (nSPS) is 29.6. The summed E-state index contributed by atoms with van der Waals surface area (Å²) in [6.45, 7) is 0. The Kier molecular flexibility index (Phi) is 1.46. The first-order valence-electron chi connectivity index (χ1n) is 3.99. The highest BCUT2D eigenvalue weighted by Crippen LogP contribution is 2.29. The van der Waals surface area contributed by atoms with E-state index in [1.807, 2.05) is 0 Å². The SMILES string of the molecule is C1=CCC2C=CCCC2=C1. The van der Waals surface area contributed by atoms with E-state index in [-0.39, 0.29) is 0 Å². The van der Waals surface area contributed by atoms with Gasteiger partial charge in [0.2, 0.25) is 0 Å². The van der Waals surface area contributed by atoms with E-state index in [2.05, 4.69) is 30.4 Å². The molecule has 0 fully saturated rings. The molecule has 0 nitrogen and oxygen atoms in total. The number of allylic oxidation sites excluding steroid dienone is 6. The van der Waals surface area contributed by atoms with Crippen molar-refractivity contribution in [3.05, 3.63) is 36.0 Å². The number of rotatable bonds is 0. The third kappa shape index (κ3) is 0.942. The molecule has 10 heavy (non-hydrogen) atoms. The molecule has 1 unspecified atom stereocenters. The lowest BCUT2D eigenvalue weighted by molar-refractivity contribution is 0.685. The Hall–Kier alpha value is -0.780. The van der Waals surface area contributed by atoms with Crippen LogP contribution in [0.1, 0.15) is 19.3 Å². The van der Waals surface area contributed by atoms with Gasteiger partial charge in [0.05, 0.1) is 0 Å². The zero-order valence-electron chi connectivity index (χ0n) is 6.09. The number of hydrogen-bond acceptors (Lipinski definition) is 0. The highest BCUT2D eigenvalue weighted by molar-refractivity contribution is 5.27. The molecular formula is C10H12. The molecule has 1 atom stereocenters. The highest BCUT2D eigenvalue weighted by atomic mass is 14.2. The van der Waals surface area contributed by atoms with E-state index in [0.29, 0.717) is 0 Å². The first kappa shape index (κ1) is 5.96. The van der Waals surface area contributed by atoms with Gasteiger partial charge in [-0.25, -0.2) is 0 Å². The molecule has 0 heteroatoms. The van der Waals surface area contributed by atoms with Crippen LogP contribution in [0.25, 0.3) is 0 Å². The quantitative estimate of drug-likeness (QED) is 0.444. The van der Waals surface area contributed by atoms with Gasteiger partial charge >= 0.3 is 0 Å². The maximum Gasteiger partial charge on any atom is 0.00146 e. The lowest BCUT2D eigenvalue weighted by atomic mass is 9.85. The van der Waals surface area contributed by atoms with E-state index in [9.17, 15) is 0 Å². The van der Waals surface area contributed by atoms with Gasteiger partial charge in [0.25, 0.3) is 0 Å². The van der Waals surface area contributed by atoms with Crippen molar-refractivity contribution in [2.45, 2.75) is 19.3 Å². The molecule has 0 N–H and O–H groups in total. The first-order valence-corrected chi connectivity index (χ1v) is 3.99. The smallest absolute Gasteiger partial charge is 0.00146 e. The molecule has 0 amide bonds. The van der Waals surface area contributed by atoms with Gasteiger partial charge in [0.15, 0.2) is 0 Å². The summed E-state index contributed by atoms with van der Waals surface area (Å²) in [5.74, 6) is 0.749. The molecule has 52 valence electrons. The molecule has 0 bridgehead atoms. The molecular weight excluding hydrogens is 120 g/mol. The van der Waals surface area contributed by atoms with Crippen LogP contribution in [-0.4, -0.2) is 0 Å². The fourth-order valence-electron chi connectivity index (χ4n) is 1.67. The number of fused-ring (bicyclic) bond motifs is 1. The molecule has 0 aliphatic heterocycles. The molecule has 0 saturated heterocycles. The van der Waals surface area contributed by atoms with Crippen LogP contribution in [0.2, 0.25) is 0 Å². The van der Waals surface area contributed by atoms with E-state index in [4.69, 9.17) is 0 Å². The summed E-state index contributed by atoms with van der Waals surface area (Å²) in [6, 6.07) is 0. The van der Waals surface area contributed by atoms with E-state index in [1.165, 1.54) is 19.3 Å². The van der Waals surface area contributed by atoms with E-state index in [1.54, 1.807) is 5.57 Å². The average molecular weight is 132 g/mol. The minimum absolute atomic E-state index is 0.749. The Labute approximate surface area is 61.9 Å². The summed E-state index contributed by atoms with van der Waals surface area (Å²) in [6.07, 6.45) is 15.1. The zero-order chi connectivity index (χ0) is 6.81. The van der Waals surface area contributed by atoms with Gasteiger partial charge in [-0.15, -0.1) is 0 Å². The second-order valence-electron chi connectivity index (χ2n) is 2.98. The Balaban J connectivity index is 2.26. The molecule has 2 rings (SSSR count). The van der Waals surface area contributed by atoms with Gasteiger partial charge in [-0.3, -0.25) is 0 Å². The summed E-state index contributed by atoms with van der Waals surface area (Å²) in [5, 5.41) is 0. The van der Waals surface area contributed by atoms with Crippen LogP contribution in [0.15, 0.2) is 36.0 Å². The van der Waals surface area contributed by atoms with Crippen molar-refractivity contribution >= 4 is 0 Å². The fraction of sp³-hybridized carbons (Fsp3) is 0.400. The molecule has 0 heterocycles. The van der Waals surface area contributed by atoms with Gasteiger partial charge in [0, 0.05) is 5.92 Å². The Morgan fingerprint density at radius 1 is 1.30 bits per heavy atom. The second kappa shape index (κ2) is 2.45. The lowest BCUT2D eigenvalue weighted by Crippen LogP contribution is -2.05. The van der Waals surface area contributed by atoms with Gasteiger partial charge in [-0.1, -0.05) is 36.0 Å². The summed E-state index contributed by atoms with van der Waals surface area (Å²) in [4.78, 5) is 0. The second-order valence-corrected chi connectivity index (χ2v) is 2.98. The van der Waals surface area contributed by atoms with Gasteiger partial charge in [-0.05, 0) is 19.3 Å². The molecule has 0 saturated carbocycles. The lowest BCUT2D eigenvalue weighted by Gasteiger charge is -2.21. The molecule has 0 aromatic rings. The van der Waals surface area contributed by atoms with Gasteiger partial charge < -0.3 is 0 Å². The van der Waals surface area contributed by atoms with Crippen molar-refractivity contribution < 1.29 is 0 Å². The fourth-order valence-corrected chi connectivity index (χ4v) is 1.67. The minimum Gasteiger partial charge on any atom is -0.0876 e. The monoisotopic (exact) mass is 132 g/mol. The average Bonchev–Trinajstić information content (AvgIpc) is 2.05. The van der Waals surface area contributed by atoms with Crippen LogP contribution < -0.4 is 0 Å². The minimum atomic E-state index is 0.749. The Bertz CT molecular complexity index is 206. The maximum absolute atomic E-state index is 2.35.